The maximum atomic E-state index is 12.0. The van der Waals surface area contributed by atoms with Crippen LogP contribution in [-0.2, 0) is 6.54 Å². The molecule has 0 saturated heterocycles. The lowest BCUT2D eigenvalue weighted by Gasteiger charge is -2.17. The summed E-state index contributed by atoms with van der Waals surface area (Å²) in [5, 5.41) is 10.8. The van der Waals surface area contributed by atoms with Gasteiger partial charge in [-0.25, -0.2) is 0 Å². The van der Waals surface area contributed by atoms with Gasteiger partial charge in [-0.2, -0.15) is 5.10 Å². The lowest BCUT2D eigenvalue weighted by Crippen LogP contribution is -2.35. The van der Waals surface area contributed by atoms with Crippen molar-refractivity contribution in [3.63, 3.8) is 0 Å². The van der Waals surface area contributed by atoms with E-state index in [0.717, 1.165) is 0 Å². The Balaban J connectivity index is 2.05. The molecule has 0 atom stereocenters. The molecule has 2 heterocycles. The minimum absolute atomic E-state index is 0.164. The summed E-state index contributed by atoms with van der Waals surface area (Å²) in [6.45, 7) is 1.20. The van der Waals surface area contributed by atoms with E-state index >= 15 is 0 Å². The Bertz CT molecular complexity index is 716. The molecular weight excluding hydrogens is 360 g/mol. The Kier molecular flexibility index (Phi) is 3.77. The number of ether oxygens (including phenoxy) is 1. The maximum absolute atomic E-state index is 12.0. The van der Waals surface area contributed by atoms with Gasteiger partial charge in [-0.15, -0.1) is 0 Å². The van der Waals surface area contributed by atoms with Crippen molar-refractivity contribution in [3.8, 4) is 5.75 Å². The molecule has 8 heteroatoms. The van der Waals surface area contributed by atoms with Gasteiger partial charge in [0.05, 0.1) is 24.4 Å². The summed E-state index contributed by atoms with van der Waals surface area (Å²) in [5.41, 5.74) is 1.74. The largest absolute Gasteiger partial charge is 0.493 e. The van der Waals surface area contributed by atoms with Crippen LogP contribution in [0.5, 0.6) is 5.75 Å². The van der Waals surface area contributed by atoms with Crippen molar-refractivity contribution in [2.45, 2.75) is 6.54 Å². The third-order valence-corrected chi connectivity index (χ3v) is 4.02. The number of rotatable bonds is 3. The van der Waals surface area contributed by atoms with Crippen LogP contribution in [0, 0.1) is 0 Å². The summed E-state index contributed by atoms with van der Waals surface area (Å²) in [6, 6.07) is 5.36. The van der Waals surface area contributed by atoms with Crippen LogP contribution < -0.4 is 15.4 Å². The monoisotopic (exact) mass is 370 g/mol. The number of aromatic nitrogens is 2. The normalized spacial score (nSPS) is 13.6. The number of hydrogen-bond donors (Lipinski definition) is 2. The first-order valence-corrected chi connectivity index (χ1v) is 7.43. The van der Waals surface area contributed by atoms with Gasteiger partial charge in [0, 0.05) is 6.54 Å². The lowest BCUT2D eigenvalue weighted by molar-refractivity contribution is 0.0925. The molecule has 2 aromatic rings. The average Bonchev–Trinajstić information content (AvgIpc) is 2.77. The van der Waals surface area contributed by atoms with E-state index in [9.17, 15) is 4.79 Å². The molecule has 1 aliphatic heterocycles. The number of para-hydroxylation sites is 1. The molecule has 2 N–H and O–H groups in total. The molecule has 1 amide bonds. The van der Waals surface area contributed by atoms with Gasteiger partial charge in [-0.05, 0) is 28.1 Å². The number of anilines is 2. The van der Waals surface area contributed by atoms with Crippen molar-refractivity contribution in [1.82, 2.24) is 15.1 Å². The molecule has 1 aromatic heterocycles. The molecule has 0 aliphatic carbocycles. The van der Waals surface area contributed by atoms with Gasteiger partial charge < -0.3 is 15.4 Å². The third kappa shape index (κ3) is 2.47. The fourth-order valence-corrected chi connectivity index (χ4v) is 2.97. The number of benzene rings is 1. The van der Waals surface area contributed by atoms with Crippen molar-refractivity contribution < 1.29 is 9.53 Å². The number of halogens is 2. The Morgan fingerprint density at radius 2 is 2.33 bits per heavy atom. The van der Waals surface area contributed by atoms with Crippen molar-refractivity contribution in [2.75, 3.05) is 19.0 Å². The van der Waals surface area contributed by atoms with Crippen LogP contribution in [0.3, 0.4) is 0 Å². The first-order valence-electron chi connectivity index (χ1n) is 6.26. The van der Waals surface area contributed by atoms with Crippen molar-refractivity contribution >= 4 is 44.8 Å². The van der Waals surface area contributed by atoms with Crippen molar-refractivity contribution in [1.29, 1.82) is 0 Å². The van der Waals surface area contributed by atoms with Crippen LogP contribution in [0.15, 0.2) is 22.8 Å². The lowest BCUT2D eigenvalue weighted by atomic mass is 10.2. The number of nitrogens with zero attached hydrogens (tertiary/aromatic N) is 2. The molecule has 0 radical (unpaired) electrons. The molecule has 0 spiro atoms. The summed E-state index contributed by atoms with van der Waals surface area (Å²) in [5.74, 6) is 0.352. The first kappa shape index (κ1) is 14.2. The van der Waals surface area contributed by atoms with Crippen LogP contribution in [0.1, 0.15) is 10.5 Å². The van der Waals surface area contributed by atoms with E-state index in [4.69, 9.17) is 16.3 Å². The minimum atomic E-state index is -0.164. The zero-order chi connectivity index (χ0) is 15.0. The number of carbonyl (C=O) groups is 1. The van der Waals surface area contributed by atoms with E-state index in [1.807, 2.05) is 6.07 Å². The predicted molar refractivity (Wildman–Crippen MR) is 83.5 cm³/mol. The SMILES string of the molecule is COc1c(Cl)cccc1Nc1c(Br)nn2c1C(=O)NCC2. The highest BCUT2D eigenvalue weighted by Crippen LogP contribution is 2.37. The van der Waals surface area contributed by atoms with Crippen molar-refractivity contribution in [3.05, 3.63) is 33.5 Å². The fourth-order valence-electron chi connectivity index (χ4n) is 2.24. The van der Waals surface area contributed by atoms with Gasteiger partial charge in [0.2, 0.25) is 0 Å². The van der Waals surface area contributed by atoms with Crippen LogP contribution in [0.4, 0.5) is 11.4 Å². The number of hydrogen-bond acceptors (Lipinski definition) is 4. The summed E-state index contributed by atoms with van der Waals surface area (Å²) >= 11 is 9.48. The van der Waals surface area contributed by atoms with E-state index in [-0.39, 0.29) is 5.91 Å². The molecule has 1 aromatic carbocycles. The maximum Gasteiger partial charge on any atom is 0.271 e. The quantitative estimate of drug-likeness (QED) is 0.870. The van der Waals surface area contributed by atoms with Gasteiger partial charge in [0.1, 0.15) is 5.69 Å². The smallest absolute Gasteiger partial charge is 0.271 e. The highest BCUT2D eigenvalue weighted by Gasteiger charge is 2.26. The van der Waals surface area contributed by atoms with Gasteiger partial charge in [-0.1, -0.05) is 17.7 Å². The standard InChI is InChI=1S/C13H12BrClN4O2/c1-21-11-7(15)3-2-4-8(11)17-9-10-13(20)16-5-6-19(10)18-12(9)14/h2-4,17H,5-6H2,1H3,(H,16,20). The topological polar surface area (TPSA) is 68.2 Å². The van der Waals surface area contributed by atoms with Crippen LogP contribution in [0.2, 0.25) is 5.02 Å². The number of methoxy groups -OCH3 is 1. The van der Waals surface area contributed by atoms with Crippen LogP contribution >= 0.6 is 27.5 Å². The summed E-state index contributed by atoms with van der Waals surface area (Å²) in [6.07, 6.45) is 0. The highest BCUT2D eigenvalue weighted by molar-refractivity contribution is 9.10. The van der Waals surface area contributed by atoms with Crippen molar-refractivity contribution in [2.24, 2.45) is 0 Å². The third-order valence-electron chi connectivity index (χ3n) is 3.16. The first-order chi connectivity index (χ1) is 10.1. The molecule has 0 bridgehead atoms. The Hall–Kier alpha value is -1.73. The summed E-state index contributed by atoms with van der Waals surface area (Å²) < 4.78 is 7.53. The molecular formula is C13H12BrClN4O2. The number of fused-ring (bicyclic) bond motifs is 1. The Morgan fingerprint density at radius 1 is 1.52 bits per heavy atom. The second-order valence-corrected chi connectivity index (χ2v) is 5.60. The summed E-state index contributed by atoms with van der Waals surface area (Å²) in [7, 11) is 1.54. The molecule has 21 heavy (non-hydrogen) atoms. The number of nitrogens with one attached hydrogen (secondary N) is 2. The van der Waals surface area contributed by atoms with E-state index in [0.29, 0.717) is 45.5 Å². The van der Waals surface area contributed by atoms with Gasteiger partial charge in [0.25, 0.3) is 5.91 Å². The van der Waals surface area contributed by atoms with Gasteiger partial charge in [0.15, 0.2) is 16.0 Å². The molecule has 3 rings (SSSR count). The molecule has 6 nitrogen and oxygen atoms in total. The Labute approximate surface area is 134 Å². The number of amides is 1. The van der Waals surface area contributed by atoms with E-state index < -0.39 is 0 Å². The van der Waals surface area contributed by atoms with E-state index in [1.54, 1.807) is 23.9 Å². The molecule has 0 saturated carbocycles. The van der Waals surface area contributed by atoms with E-state index in [1.165, 1.54) is 0 Å². The zero-order valence-electron chi connectivity index (χ0n) is 11.1. The Morgan fingerprint density at radius 3 is 3.10 bits per heavy atom. The highest BCUT2D eigenvalue weighted by atomic mass is 79.9. The molecule has 110 valence electrons. The van der Waals surface area contributed by atoms with Gasteiger partial charge in [-0.3, -0.25) is 9.48 Å². The minimum Gasteiger partial charge on any atom is -0.493 e. The van der Waals surface area contributed by atoms with Gasteiger partial charge >= 0.3 is 0 Å². The van der Waals surface area contributed by atoms with Crippen LogP contribution in [0.25, 0.3) is 0 Å². The predicted octanol–water partition coefficient (Wildman–Crippen LogP) is 2.79. The summed E-state index contributed by atoms with van der Waals surface area (Å²) in [4.78, 5) is 12.0. The zero-order valence-corrected chi connectivity index (χ0v) is 13.5. The average molecular weight is 372 g/mol. The fraction of sp³-hybridized carbons (Fsp3) is 0.231. The molecule has 0 unspecified atom stereocenters. The van der Waals surface area contributed by atoms with Crippen LogP contribution in [-0.4, -0.2) is 29.3 Å². The molecule has 0 fully saturated rings. The molecule has 1 aliphatic rings. The number of carbonyl (C=O) groups excluding carboxylic acids is 1. The van der Waals surface area contributed by atoms with E-state index in [2.05, 4.69) is 31.7 Å². The second kappa shape index (κ2) is 5.57. The second-order valence-electron chi connectivity index (χ2n) is 4.44.